The van der Waals surface area contributed by atoms with Crippen molar-refractivity contribution in [3.63, 3.8) is 0 Å². The van der Waals surface area contributed by atoms with Gasteiger partial charge in [0.2, 0.25) is 11.8 Å². The molecule has 2 saturated heterocycles. The van der Waals surface area contributed by atoms with Crippen molar-refractivity contribution in [3.8, 4) is 0 Å². The van der Waals surface area contributed by atoms with Gasteiger partial charge in [-0.1, -0.05) is 13.3 Å². The highest BCUT2D eigenvalue weighted by atomic mass is 16.2. The molecule has 1 aliphatic carbocycles. The average Bonchev–Trinajstić information content (AvgIpc) is 3.39. The second-order valence-electron chi connectivity index (χ2n) is 7.43. The first-order valence-corrected chi connectivity index (χ1v) is 9.26. The van der Waals surface area contributed by atoms with E-state index >= 15 is 0 Å². The molecule has 22 heavy (non-hydrogen) atoms. The summed E-state index contributed by atoms with van der Waals surface area (Å²) in [6.07, 6.45) is 8.84. The number of hydrogen-bond donors (Lipinski definition) is 0. The average molecular weight is 306 g/mol. The SMILES string of the molecule is CC[C@@H]1CCCN(C(=O)[C@H]2CCCN(C(=O)C3CC3)C2)CC1. The number of piperidine rings is 1. The maximum absolute atomic E-state index is 12.8. The Morgan fingerprint density at radius 3 is 2.23 bits per heavy atom. The van der Waals surface area contributed by atoms with Gasteiger partial charge in [0.05, 0.1) is 5.92 Å². The van der Waals surface area contributed by atoms with Crippen LogP contribution in [0.25, 0.3) is 0 Å². The topological polar surface area (TPSA) is 40.6 Å². The summed E-state index contributed by atoms with van der Waals surface area (Å²) in [5.41, 5.74) is 0. The number of amides is 2. The molecule has 0 unspecified atom stereocenters. The van der Waals surface area contributed by atoms with Crippen LogP contribution in [0.1, 0.15) is 58.3 Å². The Hall–Kier alpha value is -1.06. The number of carbonyl (C=O) groups excluding carboxylic acids is 2. The number of carbonyl (C=O) groups is 2. The molecule has 3 fully saturated rings. The third-order valence-electron chi connectivity index (χ3n) is 5.75. The molecule has 3 aliphatic rings. The molecule has 124 valence electrons. The van der Waals surface area contributed by atoms with Gasteiger partial charge in [0.15, 0.2) is 0 Å². The van der Waals surface area contributed by atoms with Gasteiger partial charge < -0.3 is 9.80 Å². The monoisotopic (exact) mass is 306 g/mol. The lowest BCUT2D eigenvalue weighted by molar-refractivity contribution is -0.141. The van der Waals surface area contributed by atoms with Crippen molar-refractivity contribution in [2.45, 2.75) is 58.3 Å². The van der Waals surface area contributed by atoms with Gasteiger partial charge in [-0.05, 0) is 50.9 Å². The van der Waals surface area contributed by atoms with Gasteiger partial charge in [0.1, 0.15) is 0 Å². The van der Waals surface area contributed by atoms with E-state index in [4.69, 9.17) is 0 Å². The molecule has 4 nitrogen and oxygen atoms in total. The van der Waals surface area contributed by atoms with Crippen molar-refractivity contribution in [2.75, 3.05) is 26.2 Å². The summed E-state index contributed by atoms with van der Waals surface area (Å²) in [5.74, 6) is 1.73. The molecule has 0 aromatic rings. The summed E-state index contributed by atoms with van der Waals surface area (Å²) in [6.45, 7) is 5.62. The lowest BCUT2D eigenvalue weighted by Crippen LogP contribution is -2.47. The predicted molar refractivity (Wildman–Crippen MR) is 86.2 cm³/mol. The van der Waals surface area contributed by atoms with Crippen molar-refractivity contribution in [1.29, 1.82) is 0 Å². The van der Waals surface area contributed by atoms with Crippen LogP contribution in [0.3, 0.4) is 0 Å². The first-order chi connectivity index (χ1) is 10.7. The van der Waals surface area contributed by atoms with Gasteiger partial charge >= 0.3 is 0 Å². The smallest absolute Gasteiger partial charge is 0.227 e. The summed E-state index contributed by atoms with van der Waals surface area (Å²) >= 11 is 0. The molecule has 2 atom stereocenters. The van der Waals surface area contributed by atoms with Gasteiger partial charge in [0.25, 0.3) is 0 Å². The summed E-state index contributed by atoms with van der Waals surface area (Å²) in [5, 5.41) is 0. The quantitative estimate of drug-likeness (QED) is 0.804. The van der Waals surface area contributed by atoms with Crippen LogP contribution in [0.4, 0.5) is 0 Å². The maximum atomic E-state index is 12.8. The van der Waals surface area contributed by atoms with Crippen LogP contribution in [-0.4, -0.2) is 47.8 Å². The zero-order chi connectivity index (χ0) is 15.5. The van der Waals surface area contributed by atoms with Gasteiger partial charge in [-0.15, -0.1) is 0 Å². The highest BCUT2D eigenvalue weighted by Gasteiger charge is 2.37. The number of nitrogens with zero attached hydrogens (tertiary/aromatic N) is 2. The first-order valence-electron chi connectivity index (χ1n) is 9.26. The highest BCUT2D eigenvalue weighted by Crippen LogP contribution is 2.33. The molecule has 0 spiro atoms. The zero-order valence-electron chi connectivity index (χ0n) is 13.9. The Morgan fingerprint density at radius 1 is 0.818 bits per heavy atom. The van der Waals surface area contributed by atoms with Gasteiger partial charge in [-0.3, -0.25) is 9.59 Å². The van der Waals surface area contributed by atoms with E-state index in [2.05, 4.69) is 11.8 Å². The Bertz CT molecular complexity index is 419. The standard InChI is InChI=1S/C18H30N2O2/c1-2-14-5-3-10-19(12-9-14)18(22)16-6-4-11-20(13-16)17(21)15-7-8-15/h14-16H,2-13H2,1H3/t14-,16+/m1/s1. The van der Waals surface area contributed by atoms with Crippen molar-refractivity contribution in [1.82, 2.24) is 9.80 Å². The van der Waals surface area contributed by atoms with Crippen LogP contribution in [0, 0.1) is 17.8 Å². The van der Waals surface area contributed by atoms with Crippen molar-refractivity contribution >= 4 is 11.8 Å². The Kier molecular flexibility index (Phi) is 5.04. The van der Waals surface area contributed by atoms with Crippen LogP contribution in [-0.2, 0) is 9.59 Å². The van der Waals surface area contributed by atoms with Crippen molar-refractivity contribution < 1.29 is 9.59 Å². The minimum atomic E-state index is 0.0506. The second-order valence-corrected chi connectivity index (χ2v) is 7.43. The van der Waals surface area contributed by atoms with Crippen molar-refractivity contribution in [3.05, 3.63) is 0 Å². The summed E-state index contributed by atoms with van der Waals surface area (Å²) < 4.78 is 0. The minimum Gasteiger partial charge on any atom is -0.342 e. The lowest BCUT2D eigenvalue weighted by Gasteiger charge is -2.35. The van der Waals surface area contributed by atoms with E-state index in [0.29, 0.717) is 18.4 Å². The minimum absolute atomic E-state index is 0.0506. The van der Waals surface area contributed by atoms with E-state index in [1.165, 1.54) is 12.8 Å². The molecule has 0 aromatic carbocycles. The van der Waals surface area contributed by atoms with Crippen LogP contribution < -0.4 is 0 Å². The molecule has 2 aliphatic heterocycles. The highest BCUT2D eigenvalue weighted by molar-refractivity contribution is 5.83. The van der Waals surface area contributed by atoms with E-state index in [0.717, 1.165) is 64.1 Å². The summed E-state index contributed by atoms with van der Waals surface area (Å²) in [4.78, 5) is 29.1. The molecule has 0 radical (unpaired) electrons. The van der Waals surface area contributed by atoms with Gasteiger partial charge in [0, 0.05) is 32.1 Å². The van der Waals surface area contributed by atoms with Crippen LogP contribution in [0.5, 0.6) is 0 Å². The van der Waals surface area contributed by atoms with Crippen LogP contribution in [0.15, 0.2) is 0 Å². The number of hydrogen-bond acceptors (Lipinski definition) is 2. The maximum Gasteiger partial charge on any atom is 0.227 e. The largest absolute Gasteiger partial charge is 0.342 e. The fourth-order valence-corrected chi connectivity index (χ4v) is 4.02. The Labute approximate surface area is 134 Å². The normalized spacial score (nSPS) is 30.0. The predicted octanol–water partition coefficient (Wildman–Crippen LogP) is 2.67. The Morgan fingerprint density at radius 2 is 1.50 bits per heavy atom. The van der Waals surface area contributed by atoms with E-state index in [-0.39, 0.29) is 11.8 Å². The molecule has 4 heteroatoms. The van der Waals surface area contributed by atoms with Crippen LogP contribution >= 0.6 is 0 Å². The molecule has 1 saturated carbocycles. The molecule has 2 heterocycles. The molecular weight excluding hydrogens is 276 g/mol. The van der Waals surface area contributed by atoms with E-state index in [9.17, 15) is 9.59 Å². The third-order valence-corrected chi connectivity index (χ3v) is 5.75. The van der Waals surface area contributed by atoms with E-state index < -0.39 is 0 Å². The molecule has 0 N–H and O–H groups in total. The zero-order valence-corrected chi connectivity index (χ0v) is 13.9. The van der Waals surface area contributed by atoms with Crippen molar-refractivity contribution in [2.24, 2.45) is 17.8 Å². The lowest BCUT2D eigenvalue weighted by atomic mass is 9.95. The van der Waals surface area contributed by atoms with E-state index in [1.54, 1.807) is 0 Å². The molecule has 0 bridgehead atoms. The van der Waals surface area contributed by atoms with E-state index in [1.807, 2.05) is 4.90 Å². The fraction of sp³-hybridized carbons (Fsp3) is 0.889. The second kappa shape index (κ2) is 7.01. The third kappa shape index (κ3) is 3.64. The summed E-state index contributed by atoms with van der Waals surface area (Å²) in [6, 6.07) is 0. The van der Waals surface area contributed by atoms with Crippen LogP contribution in [0.2, 0.25) is 0 Å². The van der Waals surface area contributed by atoms with Gasteiger partial charge in [-0.25, -0.2) is 0 Å². The number of likely N-dealkylation sites (tertiary alicyclic amines) is 2. The van der Waals surface area contributed by atoms with Gasteiger partial charge in [-0.2, -0.15) is 0 Å². The first kappa shape index (κ1) is 15.8. The molecule has 2 amide bonds. The Balaban J connectivity index is 1.55. The molecule has 0 aromatic heterocycles. The molecular formula is C18H30N2O2. The fourth-order valence-electron chi connectivity index (χ4n) is 4.02. The molecule has 3 rings (SSSR count). The summed E-state index contributed by atoms with van der Waals surface area (Å²) in [7, 11) is 0. The number of rotatable bonds is 3.